The van der Waals surface area contributed by atoms with E-state index < -0.39 is 5.60 Å². The Morgan fingerprint density at radius 2 is 1.92 bits per heavy atom. The number of benzene rings is 1. The molecular formula is C20H16O5S. The molecule has 1 aliphatic carbocycles. The minimum atomic E-state index is -1.14. The van der Waals surface area contributed by atoms with E-state index >= 15 is 0 Å². The zero-order valence-electron chi connectivity index (χ0n) is 13.9. The van der Waals surface area contributed by atoms with Crippen LogP contribution >= 0.6 is 11.3 Å². The molecule has 2 aromatic rings. The molecule has 6 heteroatoms. The van der Waals surface area contributed by atoms with E-state index in [1.807, 2.05) is 35.7 Å². The summed E-state index contributed by atoms with van der Waals surface area (Å²) in [6.45, 7) is 1.02. The van der Waals surface area contributed by atoms with Gasteiger partial charge in [0, 0.05) is 34.9 Å². The van der Waals surface area contributed by atoms with Crippen molar-refractivity contribution >= 4 is 22.9 Å². The Morgan fingerprint density at radius 1 is 1.08 bits per heavy atom. The third kappa shape index (κ3) is 2.45. The lowest BCUT2D eigenvalue weighted by atomic mass is 9.76. The van der Waals surface area contributed by atoms with E-state index in [4.69, 9.17) is 14.2 Å². The van der Waals surface area contributed by atoms with Crippen molar-refractivity contribution in [2.45, 2.75) is 18.4 Å². The van der Waals surface area contributed by atoms with Gasteiger partial charge < -0.3 is 19.3 Å². The van der Waals surface area contributed by atoms with Gasteiger partial charge in [-0.3, -0.25) is 0 Å². The van der Waals surface area contributed by atoms with Gasteiger partial charge in [-0.2, -0.15) is 0 Å². The molecule has 3 aliphatic rings. The Labute approximate surface area is 154 Å². The Kier molecular flexibility index (Phi) is 3.45. The second-order valence-electron chi connectivity index (χ2n) is 6.62. The van der Waals surface area contributed by atoms with Crippen LogP contribution in [0.3, 0.4) is 0 Å². The third-order valence-corrected chi connectivity index (χ3v) is 5.84. The number of hydrogen-bond acceptors (Lipinski definition) is 6. The molecule has 0 saturated heterocycles. The summed E-state index contributed by atoms with van der Waals surface area (Å²) in [5.74, 6) is 1.55. The quantitative estimate of drug-likeness (QED) is 0.823. The van der Waals surface area contributed by atoms with E-state index in [-0.39, 0.29) is 5.97 Å². The molecule has 0 saturated carbocycles. The van der Waals surface area contributed by atoms with E-state index in [1.54, 1.807) is 11.3 Å². The Hall–Kier alpha value is -2.57. The van der Waals surface area contributed by atoms with Crippen LogP contribution in [0.4, 0.5) is 0 Å². The molecule has 1 aromatic carbocycles. The molecule has 2 aliphatic heterocycles. The maximum atomic E-state index is 11.8. The third-order valence-electron chi connectivity index (χ3n) is 4.91. The number of thiophene rings is 1. The van der Waals surface area contributed by atoms with Crippen LogP contribution < -0.4 is 9.47 Å². The van der Waals surface area contributed by atoms with Crippen molar-refractivity contribution in [1.82, 2.24) is 0 Å². The van der Waals surface area contributed by atoms with Crippen LogP contribution in [-0.4, -0.2) is 24.3 Å². The SMILES string of the molecule is O=C1C=C2CC(O)(c3ccc4c(c3)OCCO4)CC(c3cccs3)=C2O1. The molecule has 1 N–H and O–H groups in total. The summed E-state index contributed by atoms with van der Waals surface area (Å²) < 4.78 is 16.7. The summed E-state index contributed by atoms with van der Waals surface area (Å²) in [5, 5.41) is 13.5. The lowest BCUT2D eigenvalue weighted by Gasteiger charge is -2.35. The zero-order valence-corrected chi connectivity index (χ0v) is 14.7. The van der Waals surface area contributed by atoms with E-state index in [9.17, 15) is 9.90 Å². The summed E-state index contributed by atoms with van der Waals surface area (Å²) in [4.78, 5) is 12.8. The number of ether oxygens (including phenoxy) is 3. The van der Waals surface area contributed by atoms with E-state index in [0.717, 1.165) is 21.6 Å². The Balaban J connectivity index is 1.60. The van der Waals surface area contributed by atoms with Crippen molar-refractivity contribution in [1.29, 1.82) is 0 Å². The largest absolute Gasteiger partial charge is 0.486 e. The van der Waals surface area contributed by atoms with Gasteiger partial charge in [0.25, 0.3) is 0 Å². The molecule has 0 amide bonds. The number of carbonyl (C=O) groups excluding carboxylic acids is 1. The van der Waals surface area contributed by atoms with Gasteiger partial charge in [0.1, 0.15) is 19.0 Å². The van der Waals surface area contributed by atoms with Crippen LogP contribution in [0.5, 0.6) is 11.5 Å². The second kappa shape index (κ2) is 5.72. The lowest BCUT2D eigenvalue weighted by Crippen LogP contribution is -2.30. The number of allylic oxidation sites excluding steroid dienone is 1. The average Bonchev–Trinajstić information content (AvgIpc) is 3.29. The van der Waals surface area contributed by atoms with Gasteiger partial charge in [-0.25, -0.2) is 4.79 Å². The highest BCUT2D eigenvalue weighted by atomic mass is 32.1. The lowest BCUT2D eigenvalue weighted by molar-refractivity contribution is -0.132. The van der Waals surface area contributed by atoms with E-state index in [1.165, 1.54) is 6.08 Å². The van der Waals surface area contributed by atoms with Crippen LogP contribution in [0.2, 0.25) is 0 Å². The van der Waals surface area contributed by atoms with Crippen LogP contribution in [0, 0.1) is 0 Å². The Bertz CT molecular complexity index is 957. The molecule has 26 heavy (non-hydrogen) atoms. The second-order valence-corrected chi connectivity index (χ2v) is 7.57. The fraction of sp³-hybridized carbons (Fsp3) is 0.250. The van der Waals surface area contributed by atoms with Gasteiger partial charge >= 0.3 is 5.97 Å². The normalized spacial score (nSPS) is 24.2. The monoisotopic (exact) mass is 368 g/mol. The van der Waals surface area contributed by atoms with E-state index in [2.05, 4.69) is 0 Å². The molecule has 0 radical (unpaired) electrons. The maximum absolute atomic E-state index is 11.8. The van der Waals surface area contributed by atoms with Gasteiger partial charge in [0.2, 0.25) is 0 Å². The zero-order chi connectivity index (χ0) is 17.7. The summed E-state index contributed by atoms with van der Waals surface area (Å²) >= 11 is 1.57. The number of esters is 1. The molecule has 5 rings (SSSR count). The van der Waals surface area contributed by atoms with Crippen molar-refractivity contribution < 1.29 is 24.1 Å². The molecular weight excluding hydrogens is 352 g/mol. The molecule has 0 fully saturated rings. The number of hydrogen-bond donors (Lipinski definition) is 1. The van der Waals surface area contributed by atoms with Crippen molar-refractivity contribution in [2.24, 2.45) is 0 Å². The minimum Gasteiger partial charge on any atom is -0.486 e. The molecule has 1 aromatic heterocycles. The fourth-order valence-electron chi connectivity index (χ4n) is 3.73. The summed E-state index contributed by atoms with van der Waals surface area (Å²) in [5.41, 5.74) is 1.20. The minimum absolute atomic E-state index is 0.322. The number of carbonyl (C=O) groups is 1. The molecule has 3 heterocycles. The smallest absolute Gasteiger partial charge is 0.336 e. The molecule has 5 nitrogen and oxygen atoms in total. The van der Waals surface area contributed by atoms with Crippen molar-refractivity contribution in [3.63, 3.8) is 0 Å². The first kappa shape index (κ1) is 15.7. The van der Waals surface area contributed by atoms with Crippen LogP contribution in [0.1, 0.15) is 23.3 Å². The number of fused-ring (bicyclic) bond motifs is 2. The first-order chi connectivity index (χ1) is 12.6. The standard InChI is InChI=1S/C20H16O5S/c21-18-8-12-10-20(22,11-14(19(12)25-18)17-2-1-7-26-17)13-3-4-15-16(9-13)24-6-5-23-15/h1-4,7-9,22H,5-6,10-11H2. The number of rotatable bonds is 2. The van der Waals surface area contributed by atoms with Gasteiger partial charge in [-0.05, 0) is 29.1 Å². The highest BCUT2D eigenvalue weighted by molar-refractivity contribution is 7.11. The highest BCUT2D eigenvalue weighted by Crippen LogP contribution is 2.50. The summed E-state index contributed by atoms with van der Waals surface area (Å²) in [6.07, 6.45) is 2.17. The molecule has 132 valence electrons. The fourth-order valence-corrected chi connectivity index (χ4v) is 4.49. The van der Waals surface area contributed by atoms with Crippen LogP contribution in [0.15, 0.2) is 53.1 Å². The molecule has 0 bridgehead atoms. The molecule has 0 spiro atoms. The average molecular weight is 368 g/mol. The summed E-state index contributed by atoms with van der Waals surface area (Å²) in [6, 6.07) is 9.46. The molecule has 1 unspecified atom stereocenters. The predicted octanol–water partition coefficient (Wildman–Crippen LogP) is 3.40. The maximum Gasteiger partial charge on any atom is 0.336 e. The van der Waals surface area contributed by atoms with Gasteiger partial charge in [-0.15, -0.1) is 11.3 Å². The topological polar surface area (TPSA) is 65.0 Å². The first-order valence-electron chi connectivity index (χ1n) is 8.45. The Morgan fingerprint density at radius 3 is 2.73 bits per heavy atom. The van der Waals surface area contributed by atoms with Crippen LogP contribution in [0.25, 0.3) is 5.57 Å². The number of aliphatic hydroxyl groups is 1. The highest BCUT2D eigenvalue weighted by Gasteiger charge is 2.42. The van der Waals surface area contributed by atoms with Crippen molar-refractivity contribution in [2.75, 3.05) is 13.2 Å². The van der Waals surface area contributed by atoms with Gasteiger partial charge in [-0.1, -0.05) is 12.1 Å². The summed E-state index contributed by atoms with van der Waals surface area (Å²) in [7, 11) is 0. The molecule has 1 atom stereocenters. The van der Waals surface area contributed by atoms with Gasteiger partial charge in [0.05, 0.1) is 5.60 Å². The van der Waals surface area contributed by atoms with E-state index in [0.29, 0.717) is 43.3 Å². The first-order valence-corrected chi connectivity index (χ1v) is 9.33. The van der Waals surface area contributed by atoms with Crippen LogP contribution in [-0.2, 0) is 15.1 Å². The predicted molar refractivity (Wildman–Crippen MR) is 96.0 cm³/mol. The van der Waals surface area contributed by atoms with Crippen molar-refractivity contribution in [3.8, 4) is 11.5 Å². The van der Waals surface area contributed by atoms with Gasteiger partial charge in [0.15, 0.2) is 11.5 Å². The van der Waals surface area contributed by atoms with Crippen molar-refractivity contribution in [3.05, 3.63) is 63.6 Å².